The molecular weight excluding hydrogens is 210 g/mol. The zero-order valence-electron chi connectivity index (χ0n) is 5.11. The van der Waals surface area contributed by atoms with Gasteiger partial charge in [-0.15, -0.1) is 0 Å². The Balaban J connectivity index is 3.29. The van der Waals surface area contributed by atoms with Crippen molar-refractivity contribution in [1.82, 2.24) is 0 Å². The van der Waals surface area contributed by atoms with Crippen molar-refractivity contribution < 1.29 is 18.7 Å². The van der Waals surface area contributed by atoms with E-state index in [0.717, 1.165) is 0 Å². The summed E-state index contributed by atoms with van der Waals surface area (Å²) in [7, 11) is 0. The third-order valence-corrected chi connectivity index (χ3v) is 1.25. The van der Waals surface area contributed by atoms with Crippen LogP contribution in [0.1, 0.15) is 19.3 Å². The molecule has 10 heavy (non-hydrogen) atoms. The van der Waals surface area contributed by atoms with Crippen molar-refractivity contribution in [3.05, 3.63) is 0 Å². The molecule has 0 aromatic heterocycles. The monoisotopic (exact) mass is 216 g/mol. The number of hydrogen-bond acceptors (Lipinski definition) is 1. The molecule has 2 nitrogen and oxygen atoms in total. The van der Waals surface area contributed by atoms with Gasteiger partial charge in [-0.1, -0.05) is 0 Å². The lowest BCUT2D eigenvalue weighted by Gasteiger charge is -2.04. The van der Waals surface area contributed by atoms with Crippen LogP contribution in [-0.4, -0.2) is 15.9 Å². The van der Waals surface area contributed by atoms with E-state index >= 15 is 0 Å². The molecule has 0 aliphatic rings. The average molecular weight is 217 g/mol. The van der Waals surface area contributed by atoms with Gasteiger partial charge >= 0.3 is 10.8 Å². The average Bonchev–Trinajstić information content (AvgIpc) is 1.59. The maximum Gasteiger partial charge on any atom is 0.303 e. The first-order chi connectivity index (χ1) is 4.42. The van der Waals surface area contributed by atoms with Gasteiger partial charge in [0.05, 0.1) is 0 Å². The summed E-state index contributed by atoms with van der Waals surface area (Å²) in [6.07, 6.45) is -0.645. The highest BCUT2D eigenvalue weighted by molar-refractivity contribution is 9.09. The molecule has 0 aliphatic carbocycles. The largest absolute Gasteiger partial charge is 0.481 e. The number of halogens is 3. The second kappa shape index (κ2) is 3.85. The predicted octanol–water partition coefficient (Wildman–Crippen LogP) is 2.23. The molecule has 0 spiro atoms. The number of carbonyl (C=O) groups is 1. The lowest BCUT2D eigenvalue weighted by molar-refractivity contribution is -0.137. The van der Waals surface area contributed by atoms with Gasteiger partial charge in [-0.3, -0.25) is 4.79 Å². The van der Waals surface area contributed by atoms with Crippen molar-refractivity contribution in [2.75, 3.05) is 0 Å². The molecule has 1 N–H and O–H groups in total. The third kappa shape index (κ3) is 7.81. The Labute approximate surface area is 65.4 Å². The number of aliphatic carboxylic acids is 1. The van der Waals surface area contributed by atoms with Gasteiger partial charge in [0, 0.05) is 12.8 Å². The van der Waals surface area contributed by atoms with Crippen LogP contribution in [-0.2, 0) is 4.79 Å². The third-order valence-electron chi connectivity index (χ3n) is 0.851. The number of carboxylic acid groups (broad SMARTS) is 1. The maximum atomic E-state index is 11.9. The molecule has 0 heterocycles. The van der Waals surface area contributed by atoms with Crippen LogP contribution in [0, 0.1) is 0 Å². The predicted molar refractivity (Wildman–Crippen MR) is 35.4 cm³/mol. The van der Waals surface area contributed by atoms with Crippen LogP contribution in [0.5, 0.6) is 0 Å². The van der Waals surface area contributed by atoms with E-state index in [4.69, 9.17) is 5.11 Å². The Morgan fingerprint density at radius 1 is 1.60 bits per heavy atom. The van der Waals surface area contributed by atoms with E-state index < -0.39 is 17.2 Å². The van der Waals surface area contributed by atoms with E-state index in [9.17, 15) is 13.6 Å². The molecule has 0 fully saturated rings. The van der Waals surface area contributed by atoms with Crippen LogP contribution >= 0.6 is 15.9 Å². The molecule has 0 atom stereocenters. The summed E-state index contributed by atoms with van der Waals surface area (Å²) in [6, 6.07) is 0. The molecule has 5 heteroatoms. The first kappa shape index (κ1) is 9.81. The van der Waals surface area contributed by atoms with E-state index in [1.54, 1.807) is 0 Å². The molecule has 0 saturated heterocycles. The summed E-state index contributed by atoms with van der Waals surface area (Å²) >= 11 is 2.10. The molecule has 0 radical (unpaired) electrons. The summed E-state index contributed by atoms with van der Waals surface area (Å²) in [4.78, 5) is 6.91. The van der Waals surface area contributed by atoms with Crippen molar-refractivity contribution in [2.24, 2.45) is 0 Å². The number of alkyl halides is 3. The molecule has 0 amide bonds. The summed E-state index contributed by atoms with van der Waals surface area (Å²) in [6.45, 7) is 0. The Kier molecular flexibility index (Phi) is 3.78. The van der Waals surface area contributed by atoms with Crippen LogP contribution in [0.3, 0.4) is 0 Å². The van der Waals surface area contributed by atoms with Gasteiger partial charge in [0.15, 0.2) is 0 Å². The smallest absolute Gasteiger partial charge is 0.303 e. The number of hydrogen-bond donors (Lipinski definition) is 1. The van der Waals surface area contributed by atoms with Crippen molar-refractivity contribution in [3.63, 3.8) is 0 Å². The van der Waals surface area contributed by atoms with E-state index in [2.05, 4.69) is 15.9 Å². The summed E-state index contributed by atoms with van der Waals surface area (Å²) in [5.41, 5.74) is 0. The zero-order valence-corrected chi connectivity index (χ0v) is 6.70. The molecule has 0 unspecified atom stereocenters. The fourth-order valence-corrected chi connectivity index (χ4v) is 0.720. The molecular formula is C5H7BrF2O2. The second-order valence-electron chi connectivity index (χ2n) is 1.86. The minimum Gasteiger partial charge on any atom is -0.481 e. The van der Waals surface area contributed by atoms with Gasteiger partial charge in [-0.05, 0) is 22.4 Å². The van der Waals surface area contributed by atoms with Gasteiger partial charge in [-0.2, -0.15) is 8.78 Å². The summed E-state index contributed by atoms with van der Waals surface area (Å²) < 4.78 is 23.8. The van der Waals surface area contributed by atoms with Crippen LogP contribution < -0.4 is 0 Å². The van der Waals surface area contributed by atoms with Gasteiger partial charge in [0.25, 0.3) is 0 Å². The van der Waals surface area contributed by atoms with E-state index in [0.29, 0.717) is 0 Å². The van der Waals surface area contributed by atoms with Gasteiger partial charge < -0.3 is 5.11 Å². The lowest BCUT2D eigenvalue weighted by atomic mass is 10.2. The fraction of sp³-hybridized carbons (Fsp3) is 0.800. The highest BCUT2D eigenvalue weighted by Crippen LogP contribution is 2.27. The topological polar surface area (TPSA) is 37.3 Å². The van der Waals surface area contributed by atoms with Gasteiger partial charge in [0.1, 0.15) is 0 Å². The van der Waals surface area contributed by atoms with Crippen LogP contribution in [0.4, 0.5) is 8.78 Å². The second-order valence-corrected chi connectivity index (χ2v) is 3.02. The minimum atomic E-state index is -2.91. The first-order valence-electron chi connectivity index (χ1n) is 2.70. The highest BCUT2D eigenvalue weighted by Gasteiger charge is 2.22. The van der Waals surface area contributed by atoms with Crippen molar-refractivity contribution >= 4 is 21.9 Å². The molecule has 0 aromatic rings. The molecule has 0 rings (SSSR count). The number of carboxylic acids is 1. The summed E-state index contributed by atoms with van der Waals surface area (Å²) in [5.74, 6) is -1.04. The van der Waals surface area contributed by atoms with Crippen LogP contribution in [0.15, 0.2) is 0 Å². The lowest BCUT2D eigenvalue weighted by Crippen LogP contribution is -2.05. The maximum absolute atomic E-state index is 11.9. The van der Waals surface area contributed by atoms with Gasteiger partial charge in [-0.25, -0.2) is 0 Å². The van der Waals surface area contributed by atoms with E-state index in [1.807, 2.05) is 0 Å². The number of rotatable bonds is 4. The van der Waals surface area contributed by atoms with Crippen molar-refractivity contribution in [3.8, 4) is 0 Å². The highest BCUT2D eigenvalue weighted by atomic mass is 79.9. The Hall–Kier alpha value is -0.190. The van der Waals surface area contributed by atoms with E-state index in [1.165, 1.54) is 0 Å². The Morgan fingerprint density at radius 2 is 2.10 bits per heavy atom. The standard InChI is InChI=1S/C5H7BrF2O2/c6-5(7,8)3-1-2-4(9)10/h1-3H2,(H,9,10). The normalized spacial score (nSPS) is 11.5. The molecule has 60 valence electrons. The SMILES string of the molecule is O=C(O)CCCC(F)(F)Br. The van der Waals surface area contributed by atoms with Crippen molar-refractivity contribution in [2.45, 2.75) is 24.1 Å². The molecule has 0 aromatic carbocycles. The quantitative estimate of drug-likeness (QED) is 0.733. The fourth-order valence-electron chi connectivity index (χ4n) is 0.440. The van der Waals surface area contributed by atoms with Crippen molar-refractivity contribution in [1.29, 1.82) is 0 Å². The molecule has 0 saturated carbocycles. The minimum absolute atomic E-state index is 0.00637. The van der Waals surface area contributed by atoms with Crippen LogP contribution in [0.2, 0.25) is 0 Å². The molecule has 0 bridgehead atoms. The Morgan fingerprint density at radius 3 is 2.40 bits per heavy atom. The first-order valence-corrected chi connectivity index (χ1v) is 3.49. The van der Waals surface area contributed by atoms with Crippen LogP contribution in [0.25, 0.3) is 0 Å². The molecule has 0 aliphatic heterocycles. The van der Waals surface area contributed by atoms with Gasteiger partial charge in [0.2, 0.25) is 0 Å². The summed E-state index contributed by atoms with van der Waals surface area (Å²) in [5, 5.41) is 8.05. The van der Waals surface area contributed by atoms with E-state index in [-0.39, 0.29) is 12.8 Å². The Bertz CT molecular complexity index is 121. The zero-order chi connectivity index (χ0) is 8.20.